The number of phenols is 2. The lowest BCUT2D eigenvalue weighted by Crippen LogP contribution is -1.78. The Kier molecular flexibility index (Phi) is 2.95. The summed E-state index contributed by atoms with van der Waals surface area (Å²) < 4.78 is 6.18. The van der Waals surface area contributed by atoms with Gasteiger partial charge in [0.15, 0.2) is 0 Å². The van der Waals surface area contributed by atoms with E-state index in [-0.39, 0.29) is 11.5 Å². The Hall–Kier alpha value is -2.64. The molecule has 0 atom stereocenters. The fraction of sp³-hybridized carbons (Fsp3) is 0. The molecule has 0 saturated heterocycles. The van der Waals surface area contributed by atoms with Crippen molar-refractivity contribution in [1.29, 1.82) is 0 Å². The van der Waals surface area contributed by atoms with Crippen LogP contribution in [0.1, 0.15) is 0 Å². The Morgan fingerprint density at radius 1 is 0.682 bits per heavy atom. The van der Waals surface area contributed by atoms with Gasteiger partial charge in [-0.2, -0.15) is 0 Å². The van der Waals surface area contributed by atoms with E-state index in [0.717, 1.165) is 26.8 Å². The highest BCUT2D eigenvalue weighted by molar-refractivity contribution is 7.57. The first kappa shape index (κ1) is 13.1. The van der Waals surface area contributed by atoms with E-state index in [9.17, 15) is 10.2 Å². The van der Waals surface area contributed by atoms with Crippen molar-refractivity contribution in [3.63, 3.8) is 0 Å². The van der Waals surface area contributed by atoms with Gasteiger partial charge in [-0.3, -0.25) is 0 Å². The van der Waals surface area contributed by atoms with Gasteiger partial charge >= 0.3 is 0 Å². The van der Waals surface area contributed by atoms with Gasteiger partial charge in [-0.1, -0.05) is 18.2 Å². The first-order valence-corrected chi connectivity index (χ1v) is 8.18. The van der Waals surface area contributed by atoms with Crippen LogP contribution in [-0.2, 0) is 0 Å². The molecule has 0 spiro atoms. The standard InChI is InChI=1S/C18H13O3P/c19-12-6-8-15-16-9-7-13(20)11-18(16)22(17(15)10-12)21-14-4-2-1-3-5-14/h1-11,19-20H. The number of para-hydroxylation sites is 1. The average molecular weight is 308 g/mol. The lowest BCUT2D eigenvalue weighted by Gasteiger charge is -2.06. The van der Waals surface area contributed by atoms with Crippen molar-refractivity contribution in [1.82, 2.24) is 0 Å². The molecular weight excluding hydrogens is 295 g/mol. The molecule has 0 fully saturated rings. The predicted octanol–water partition coefficient (Wildman–Crippen LogP) is 5.23. The van der Waals surface area contributed by atoms with Gasteiger partial charge in [0.25, 0.3) is 0 Å². The van der Waals surface area contributed by atoms with Crippen LogP contribution in [0.3, 0.4) is 0 Å². The van der Waals surface area contributed by atoms with Gasteiger partial charge in [-0.05, 0) is 59.3 Å². The van der Waals surface area contributed by atoms with Crippen LogP contribution < -0.4 is 4.52 Å². The second-order valence-electron chi connectivity index (χ2n) is 5.10. The number of hydrogen-bond donors (Lipinski definition) is 2. The third kappa shape index (κ3) is 2.07. The maximum atomic E-state index is 9.82. The van der Waals surface area contributed by atoms with Crippen LogP contribution in [0.25, 0.3) is 21.0 Å². The molecule has 4 heteroatoms. The largest absolute Gasteiger partial charge is 0.508 e. The summed E-state index contributed by atoms with van der Waals surface area (Å²) in [6.07, 6.45) is 0. The topological polar surface area (TPSA) is 49.7 Å². The maximum Gasteiger partial charge on any atom is 0.130 e. The Labute approximate surface area is 128 Å². The third-order valence-corrected chi connectivity index (χ3v) is 5.64. The smallest absolute Gasteiger partial charge is 0.130 e. The molecule has 0 amide bonds. The molecule has 0 aliphatic rings. The van der Waals surface area contributed by atoms with E-state index in [1.165, 1.54) is 0 Å². The molecule has 4 rings (SSSR count). The summed E-state index contributed by atoms with van der Waals surface area (Å²) in [4.78, 5) is 0. The fourth-order valence-electron chi connectivity index (χ4n) is 2.65. The molecule has 2 N–H and O–H groups in total. The van der Waals surface area contributed by atoms with E-state index < -0.39 is 7.76 Å². The summed E-state index contributed by atoms with van der Waals surface area (Å²) in [5.74, 6) is 1.22. The summed E-state index contributed by atoms with van der Waals surface area (Å²) in [6.45, 7) is 0. The number of benzene rings is 3. The molecule has 1 aromatic heterocycles. The van der Waals surface area contributed by atoms with Crippen LogP contribution in [0.15, 0.2) is 66.7 Å². The van der Waals surface area contributed by atoms with Gasteiger partial charge in [-0.15, -0.1) is 0 Å². The van der Waals surface area contributed by atoms with Gasteiger partial charge < -0.3 is 14.7 Å². The molecule has 0 saturated carbocycles. The zero-order valence-corrected chi connectivity index (χ0v) is 12.5. The van der Waals surface area contributed by atoms with E-state index in [2.05, 4.69) is 0 Å². The molecule has 22 heavy (non-hydrogen) atoms. The van der Waals surface area contributed by atoms with Crippen molar-refractivity contribution in [3.8, 4) is 17.2 Å². The normalized spacial score (nSPS) is 11.1. The Morgan fingerprint density at radius 2 is 1.23 bits per heavy atom. The number of fused-ring (bicyclic) bond motifs is 3. The number of aromatic hydroxyl groups is 2. The predicted molar refractivity (Wildman–Crippen MR) is 90.0 cm³/mol. The van der Waals surface area contributed by atoms with Crippen molar-refractivity contribution in [3.05, 3.63) is 66.7 Å². The van der Waals surface area contributed by atoms with Crippen molar-refractivity contribution in [2.75, 3.05) is 0 Å². The quantitative estimate of drug-likeness (QED) is 0.533. The minimum atomic E-state index is -1.11. The first-order chi connectivity index (χ1) is 10.7. The van der Waals surface area contributed by atoms with Crippen LogP contribution in [0, 0.1) is 0 Å². The zero-order chi connectivity index (χ0) is 15.1. The molecule has 1 heterocycles. The molecule has 0 bridgehead atoms. The average Bonchev–Trinajstić information content (AvgIpc) is 2.81. The van der Waals surface area contributed by atoms with Gasteiger partial charge in [0.05, 0.1) is 7.76 Å². The monoisotopic (exact) mass is 308 g/mol. The molecule has 0 radical (unpaired) electrons. The maximum absolute atomic E-state index is 9.82. The summed E-state index contributed by atoms with van der Waals surface area (Å²) in [7, 11) is -1.11. The van der Waals surface area contributed by atoms with Gasteiger partial charge in [0.1, 0.15) is 17.2 Å². The second kappa shape index (κ2) is 4.97. The molecule has 4 aromatic rings. The molecule has 0 aliphatic heterocycles. The van der Waals surface area contributed by atoms with Crippen LogP contribution in [0.2, 0.25) is 0 Å². The highest BCUT2D eigenvalue weighted by Crippen LogP contribution is 2.51. The van der Waals surface area contributed by atoms with Crippen molar-refractivity contribution in [2.24, 2.45) is 0 Å². The van der Waals surface area contributed by atoms with E-state index >= 15 is 0 Å². The van der Waals surface area contributed by atoms with E-state index in [4.69, 9.17) is 4.52 Å². The van der Waals surface area contributed by atoms with E-state index in [1.807, 2.05) is 42.5 Å². The van der Waals surface area contributed by atoms with Crippen LogP contribution in [-0.4, -0.2) is 10.2 Å². The summed E-state index contributed by atoms with van der Waals surface area (Å²) in [5, 5.41) is 23.7. The highest BCUT2D eigenvalue weighted by Gasteiger charge is 2.15. The Balaban J connectivity index is 2.04. The lowest BCUT2D eigenvalue weighted by molar-refractivity contribution is 0.475. The molecular formula is C18H13O3P. The Bertz CT molecular complexity index is 915. The van der Waals surface area contributed by atoms with Crippen molar-refractivity contribution >= 4 is 28.8 Å². The molecule has 0 aliphatic carbocycles. The summed E-state index contributed by atoms with van der Waals surface area (Å²) in [5.41, 5.74) is 0. The first-order valence-electron chi connectivity index (χ1n) is 6.92. The fourth-order valence-corrected chi connectivity index (χ4v) is 4.76. The van der Waals surface area contributed by atoms with Gasteiger partial charge in [-0.25, -0.2) is 0 Å². The molecule has 3 nitrogen and oxygen atoms in total. The lowest BCUT2D eigenvalue weighted by atomic mass is 10.1. The van der Waals surface area contributed by atoms with Gasteiger partial charge in [0, 0.05) is 10.2 Å². The second-order valence-corrected chi connectivity index (χ2v) is 6.84. The molecule has 108 valence electrons. The van der Waals surface area contributed by atoms with E-state index in [0.29, 0.717) is 0 Å². The SMILES string of the molecule is Oc1ccc2c3ccc(O)cc3p(Oc3ccccc3)c2c1. The number of phenolic OH excluding ortho intramolecular Hbond substituents is 2. The van der Waals surface area contributed by atoms with E-state index in [1.54, 1.807) is 24.3 Å². The Morgan fingerprint density at radius 3 is 1.77 bits per heavy atom. The van der Waals surface area contributed by atoms with Crippen LogP contribution in [0.4, 0.5) is 0 Å². The van der Waals surface area contributed by atoms with Crippen molar-refractivity contribution in [2.45, 2.75) is 0 Å². The third-order valence-electron chi connectivity index (χ3n) is 3.63. The van der Waals surface area contributed by atoms with Crippen LogP contribution in [0.5, 0.6) is 17.2 Å². The number of hydrogen-bond acceptors (Lipinski definition) is 3. The summed E-state index contributed by atoms with van der Waals surface area (Å²) in [6, 6.07) is 20.3. The summed E-state index contributed by atoms with van der Waals surface area (Å²) >= 11 is 0. The van der Waals surface area contributed by atoms with Crippen LogP contribution >= 0.6 is 7.76 Å². The highest BCUT2D eigenvalue weighted by atomic mass is 31.1. The van der Waals surface area contributed by atoms with Crippen molar-refractivity contribution < 1.29 is 14.7 Å². The molecule has 3 aromatic carbocycles. The minimum Gasteiger partial charge on any atom is -0.508 e. The zero-order valence-electron chi connectivity index (χ0n) is 11.6. The van der Waals surface area contributed by atoms with Gasteiger partial charge in [0.2, 0.25) is 0 Å². The minimum absolute atomic E-state index is 0.222. The molecule has 0 unspecified atom stereocenters. The number of rotatable bonds is 2.